The van der Waals surface area contributed by atoms with Crippen molar-refractivity contribution in [2.75, 3.05) is 0 Å². The monoisotopic (exact) mass is 930 g/mol. The number of halogens is 1. The molecular formula is C63H35ClN4O3. The topological polar surface area (TPSA) is 93.9 Å². The van der Waals surface area contributed by atoms with Gasteiger partial charge in [-0.15, -0.1) is 0 Å². The van der Waals surface area contributed by atoms with E-state index in [1.807, 2.05) is 24.3 Å². The molecule has 0 radical (unpaired) electrons. The number of aromatic amines is 1. The van der Waals surface area contributed by atoms with Crippen molar-refractivity contribution in [3.63, 3.8) is 0 Å². The first-order valence-electron chi connectivity index (χ1n) is 23.9. The van der Waals surface area contributed by atoms with Crippen LogP contribution in [0, 0.1) is 0 Å². The second-order valence-corrected chi connectivity index (χ2v) is 19.0. The average molecular weight is 931 g/mol. The zero-order valence-corrected chi connectivity index (χ0v) is 38.4. The summed E-state index contributed by atoms with van der Waals surface area (Å²) in [5, 5.41) is 16.1. The van der Waals surface area contributed by atoms with E-state index >= 15 is 0 Å². The van der Waals surface area contributed by atoms with Gasteiger partial charge in [-0.2, -0.15) is 9.97 Å². The quantitative estimate of drug-likeness (QED) is 0.177. The van der Waals surface area contributed by atoms with Crippen molar-refractivity contribution in [3.05, 3.63) is 186 Å². The lowest BCUT2D eigenvalue weighted by atomic mass is 9.92. The van der Waals surface area contributed by atoms with Crippen molar-refractivity contribution in [1.82, 2.24) is 19.9 Å². The fraction of sp³-hybridized carbons (Fsp3) is 0.0317. The van der Waals surface area contributed by atoms with Crippen molar-refractivity contribution < 1.29 is 13.3 Å². The van der Waals surface area contributed by atoms with E-state index in [2.05, 4.69) is 173 Å². The van der Waals surface area contributed by atoms with E-state index in [1.165, 1.54) is 32.3 Å². The molecule has 71 heavy (non-hydrogen) atoms. The van der Waals surface area contributed by atoms with Gasteiger partial charge in [-0.05, 0) is 123 Å². The number of fused-ring (bicyclic) bond motifs is 18. The largest absolute Gasteiger partial charge is 0.456 e. The minimum Gasteiger partial charge on any atom is -0.456 e. The highest BCUT2D eigenvalue weighted by Gasteiger charge is 2.22. The number of aromatic nitrogens is 4. The molecule has 0 bridgehead atoms. The van der Waals surface area contributed by atoms with Crippen LogP contribution in [0.15, 0.2) is 183 Å². The smallest absolute Gasteiger partial charge is 0.226 e. The van der Waals surface area contributed by atoms with Crippen molar-refractivity contribution in [2.45, 2.75) is 12.8 Å². The fourth-order valence-electron chi connectivity index (χ4n) is 11.6. The van der Waals surface area contributed by atoms with Gasteiger partial charge >= 0.3 is 0 Å². The molecule has 10 aromatic carbocycles. The third-order valence-corrected chi connectivity index (χ3v) is 15.0. The van der Waals surface area contributed by atoms with E-state index in [1.54, 1.807) is 0 Å². The Morgan fingerprint density at radius 2 is 1.03 bits per heavy atom. The molecule has 0 amide bonds. The molecule has 1 aliphatic carbocycles. The third-order valence-electron chi connectivity index (χ3n) is 14.8. The van der Waals surface area contributed by atoms with Crippen LogP contribution >= 0.6 is 11.6 Å². The van der Waals surface area contributed by atoms with Crippen LogP contribution in [0.5, 0.6) is 0 Å². The van der Waals surface area contributed by atoms with Crippen LogP contribution in [-0.2, 0) is 0 Å². The molecule has 15 aromatic rings. The first-order chi connectivity index (χ1) is 35.1. The predicted octanol–water partition coefficient (Wildman–Crippen LogP) is 16.2. The summed E-state index contributed by atoms with van der Waals surface area (Å²) >= 11 is 6.57. The van der Waals surface area contributed by atoms with Crippen LogP contribution in [0.4, 0.5) is 0 Å². The molecule has 0 aliphatic heterocycles. The second kappa shape index (κ2) is 14.5. The Hall–Kier alpha value is -9.04. The van der Waals surface area contributed by atoms with Crippen LogP contribution in [0.1, 0.15) is 12.8 Å². The van der Waals surface area contributed by atoms with Crippen LogP contribution in [0.2, 0.25) is 5.28 Å². The summed E-state index contributed by atoms with van der Waals surface area (Å²) in [7, 11) is 0. The molecule has 7 nitrogen and oxygen atoms in total. The molecule has 1 aliphatic rings. The molecule has 5 heterocycles. The highest BCUT2D eigenvalue weighted by atomic mass is 35.5. The molecule has 0 atom stereocenters. The molecule has 5 aromatic heterocycles. The molecule has 332 valence electrons. The number of hydrogen-bond acceptors (Lipinski definition) is 6. The predicted molar refractivity (Wildman–Crippen MR) is 290 cm³/mol. The number of hydrogen-bond donors (Lipinski definition) is 1. The highest BCUT2D eigenvalue weighted by molar-refractivity contribution is 6.33. The Bertz CT molecular complexity index is 4980. The number of H-pyrrole nitrogens is 1. The Morgan fingerprint density at radius 1 is 0.408 bits per heavy atom. The molecule has 0 spiro atoms. The van der Waals surface area contributed by atoms with E-state index < -0.39 is 0 Å². The zero-order chi connectivity index (χ0) is 46.5. The molecule has 1 N–H and O–H groups in total. The van der Waals surface area contributed by atoms with Gasteiger partial charge in [0.1, 0.15) is 33.3 Å². The Morgan fingerprint density at radius 3 is 1.82 bits per heavy atom. The zero-order valence-electron chi connectivity index (χ0n) is 37.7. The van der Waals surface area contributed by atoms with E-state index in [4.69, 9.17) is 29.8 Å². The van der Waals surface area contributed by atoms with E-state index in [-0.39, 0.29) is 5.28 Å². The molecule has 0 unspecified atom stereocenters. The minimum absolute atomic E-state index is 0.112. The van der Waals surface area contributed by atoms with Gasteiger partial charge in [0, 0.05) is 70.6 Å². The number of para-hydroxylation sites is 1. The number of rotatable bonds is 4. The lowest BCUT2D eigenvalue weighted by Gasteiger charge is -2.10. The summed E-state index contributed by atoms with van der Waals surface area (Å²) < 4.78 is 19.7. The first kappa shape index (κ1) is 38.9. The van der Waals surface area contributed by atoms with Crippen molar-refractivity contribution in [1.29, 1.82) is 0 Å². The lowest BCUT2D eigenvalue weighted by Crippen LogP contribution is -2.21. The Balaban J connectivity index is 0.807. The average Bonchev–Trinajstić information content (AvgIpc) is 4.20. The minimum atomic E-state index is 0.112. The first-order valence-corrected chi connectivity index (χ1v) is 24.3. The van der Waals surface area contributed by atoms with Crippen LogP contribution in [0.3, 0.4) is 0 Å². The number of furan rings is 3. The van der Waals surface area contributed by atoms with Crippen molar-refractivity contribution >= 4 is 133 Å². The maximum absolute atomic E-state index is 6.98. The van der Waals surface area contributed by atoms with Gasteiger partial charge in [0.2, 0.25) is 5.28 Å². The van der Waals surface area contributed by atoms with Crippen LogP contribution in [0.25, 0.3) is 166 Å². The standard InChI is InChI=1S/C63H35ClN4O3/c64-63-67-61(36-20-24-42-41-14-7-8-19-51(41)69-54(42)31-36)66-62(68-63)37-21-25-43-48-28-33(22-26-52(48)70-55(43)32-37)34-23-27-53-49(29-34)50-30-35-10-1-2-11-38(35)57(60(50)71-53)47-18-9-17-46-56-44-15-5-3-12-39(44)40-13-4-6-16-45(40)59(56)65-58(46)47/h1-6,9-32,65H,7-8H2. The second-order valence-electron chi connectivity index (χ2n) is 18.7. The SMILES string of the molecule is Clc1nc(-c2ccc3c4c(oc3c2)=CCCC=4)nc(-c2ccc3c(c2)oc2ccc(-c4ccc5oc6c(-c7cccc8c7[nH]c7c9ccccc9c9ccccc9c87)c7ccccc7cc6c5c4)cc23)n1. The Labute approximate surface area is 407 Å². The van der Waals surface area contributed by atoms with Gasteiger partial charge in [0.05, 0.1) is 11.0 Å². The summed E-state index contributed by atoms with van der Waals surface area (Å²) in [6.07, 6.45) is 6.37. The van der Waals surface area contributed by atoms with Crippen molar-refractivity contribution in [3.8, 4) is 45.0 Å². The Kier molecular flexibility index (Phi) is 7.94. The van der Waals surface area contributed by atoms with Gasteiger partial charge in [0.25, 0.3) is 0 Å². The number of benzene rings is 10. The number of nitrogens with zero attached hydrogens (tertiary/aromatic N) is 3. The van der Waals surface area contributed by atoms with Gasteiger partial charge < -0.3 is 18.2 Å². The highest BCUT2D eigenvalue weighted by Crippen LogP contribution is 2.47. The van der Waals surface area contributed by atoms with E-state index in [0.717, 1.165) is 134 Å². The maximum Gasteiger partial charge on any atom is 0.226 e. The molecular weight excluding hydrogens is 896 g/mol. The van der Waals surface area contributed by atoms with Gasteiger partial charge in [-0.3, -0.25) is 0 Å². The summed E-state index contributed by atoms with van der Waals surface area (Å²) in [5.41, 5.74) is 13.1. The molecule has 0 saturated carbocycles. The van der Waals surface area contributed by atoms with Gasteiger partial charge in [-0.25, -0.2) is 4.98 Å². The van der Waals surface area contributed by atoms with Crippen LogP contribution < -0.4 is 10.6 Å². The van der Waals surface area contributed by atoms with E-state index in [0.29, 0.717) is 11.6 Å². The maximum atomic E-state index is 6.98. The summed E-state index contributed by atoms with van der Waals surface area (Å²) in [4.78, 5) is 17.9. The summed E-state index contributed by atoms with van der Waals surface area (Å²) in [5.74, 6) is 0.931. The van der Waals surface area contributed by atoms with Crippen LogP contribution in [-0.4, -0.2) is 19.9 Å². The van der Waals surface area contributed by atoms with Gasteiger partial charge in [-0.1, -0.05) is 121 Å². The third kappa shape index (κ3) is 5.69. The normalized spacial score (nSPS) is 13.0. The molecule has 0 fully saturated rings. The summed E-state index contributed by atoms with van der Waals surface area (Å²) in [6, 6.07) is 60.1. The van der Waals surface area contributed by atoms with E-state index in [9.17, 15) is 0 Å². The van der Waals surface area contributed by atoms with Crippen molar-refractivity contribution in [2.24, 2.45) is 0 Å². The van der Waals surface area contributed by atoms with Gasteiger partial charge in [0.15, 0.2) is 11.6 Å². The lowest BCUT2D eigenvalue weighted by molar-refractivity contribution is 0.572. The number of nitrogens with one attached hydrogen (secondary N) is 1. The molecule has 16 rings (SSSR count). The summed E-state index contributed by atoms with van der Waals surface area (Å²) in [6.45, 7) is 0. The fourth-order valence-corrected chi connectivity index (χ4v) is 11.7. The molecule has 8 heteroatoms. The molecule has 0 saturated heterocycles.